The number of phenols is 1. The van der Waals surface area contributed by atoms with Crippen molar-refractivity contribution >= 4 is 15.8 Å². The van der Waals surface area contributed by atoms with E-state index in [4.69, 9.17) is 9.84 Å². The van der Waals surface area contributed by atoms with E-state index in [1.807, 2.05) is 0 Å². The maximum atomic E-state index is 12.5. The first kappa shape index (κ1) is 19.3. The van der Waals surface area contributed by atoms with Crippen molar-refractivity contribution in [3.63, 3.8) is 0 Å². The molecule has 3 atom stereocenters. The molecule has 2 heterocycles. The van der Waals surface area contributed by atoms with Crippen molar-refractivity contribution in [1.82, 2.24) is 9.55 Å². The minimum absolute atomic E-state index is 0.0976. The predicted molar refractivity (Wildman–Crippen MR) is 93.8 cm³/mol. The standard InChI is InChI=1S/C16H19N3O7S/c1-9-2-3-10(21)6-13(9)27(24,25)18-14-4-5-19(16(23)17-14)15-7-11(22)12(8-20)26-15/h2-6,11-12,15,20-22H,7-8H2,1H3,(H,17,18,23)/t11-,12+,15+/m0/s1. The quantitative estimate of drug-likeness (QED) is 0.537. The Labute approximate surface area is 154 Å². The summed E-state index contributed by atoms with van der Waals surface area (Å²) in [4.78, 5) is 15.8. The first-order valence-electron chi connectivity index (χ1n) is 8.07. The summed E-state index contributed by atoms with van der Waals surface area (Å²) in [7, 11) is -4.06. The number of phenolic OH excluding ortho intramolecular Hbond substituents is 1. The highest BCUT2D eigenvalue weighted by Crippen LogP contribution is 2.27. The molecule has 146 valence electrons. The van der Waals surface area contributed by atoms with Gasteiger partial charge in [0.25, 0.3) is 10.0 Å². The molecule has 0 spiro atoms. The number of anilines is 1. The molecule has 1 aliphatic rings. The molecule has 4 N–H and O–H groups in total. The average Bonchev–Trinajstić information content (AvgIpc) is 2.97. The third kappa shape index (κ3) is 3.95. The first-order valence-corrected chi connectivity index (χ1v) is 9.55. The van der Waals surface area contributed by atoms with Crippen molar-refractivity contribution in [1.29, 1.82) is 0 Å². The molecule has 3 rings (SSSR count). The van der Waals surface area contributed by atoms with Crippen LogP contribution in [0.1, 0.15) is 18.2 Å². The van der Waals surface area contributed by atoms with Gasteiger partial charge in [-0.05, 0) is 24.6 Å². The number of aromatic nitrogens is 2. The molecule has 27 heavy (non-hydrogen) atoms. The highest BCUT2D eigenvalue weighted by molar-refractivity contribution is 7.92. The van der Waals surface area contributed by atoms with Crippen LogP contribution in [-0.4, -0.2) is 52.1 Å². The fourth-order valence-corrected chi connectivity index (χ4v) is 4.08. The minimum atomic E-state index is -4.06. The van der Waals surface area contributed by atoms with E-state index in [1.54, 1.807) is 6.92 Å². The van der Waals surface area contributed by atoms with Crippen LogP contribution in [0, 0.1) is 6.92 Å². The number of hydrogen-bond acceptors (Lipinski definition) is 8. The van der Waals surface area contributed by atoms with Crippen LogP contribution in [0.3, 0.4) is 0 Å². The van der Waals surface area contributed by atoms with Crippen LogP contribution in [0.2, 0.25) is 0 Å². The zero-order valence-corrected chi connectivity index (χ0v) is 15.1. The number of aliphatic hydroxyl groups is 2. The van der Waals surface area contributed by atoms with Gasteiger partial charge in [-0.1, -0.05) is 6.07 Å². The van der Waals surface area contributed by atoms with Gasteiger partial charge in [0.05, 0.1) is 17.6 Å². The second kappa shape index (κ2) is 7.27. The lowest BCUT2D eigenvalue weighted by molar-refractivity contribution is -0.0458. The summed E-state index contributed by atoms with van der Waals surface area (Å²) in [6, 6.07) is 5.19. The van der Waals surface area contributed by atoms with Gasteiger partial charge in [-0.2, -0.15) is 4.98 Å². The van der Waals surface area contributed by atoms with Crippen LogP contribution >= 0.6 is 0 Å². The number of aryl methyl sites for hydroxylation is 1. The number of aliphatic hydroxyl groups excluding tert-OH is 2. The van der Waals surface area contributed by atoms with E-state index in [9.17, 15) is 23.4 Å². The maximum Gasteiger partial charge on any atom is 0.351 e. The van der Waals surface area contributed by atoms with E-state index in [1.165, 1.54) is 24.4 Å². The third-order valence-corrected chi connectivity index (χ3v) is 5.72. The number of rotatable bonds is 5. The van der Waals surface area contributed by atoms with Crippen molar-refractivity contribution < 1.29 is 28.5 Å². The highest BCUT2D eigenvalue weighted by atomic mass is 32.2. The lowest BCUT2D eigenvalue weighted by atomic mass is 10.2. The molecule has 0 radical (unpaired) electrons. The van der Waals surface area contributed by atoms with Crippen LogP contribution in [0.5, 0.6) is 5.75 Å². The van der Waals surface area contributed by atoms with Crippen LogP contribution < -0.4 is 10.4 Å². The Bertz CT molecular complexity index is 1010. The Morgan fingerprint density at radius 1 is 1.37 bits per heavy atom. The Morgan fingerprint density at radius 3 is 2.74 bits per heavy atom. The van der Waals surface area contributed by atoms with Crippen molar-refractivity contribution in [2.75, 3.05) is 11.3 Å². The Morgan fingerprint density at radius 2 is 2.11 bits per heavy atom. The summed E-state index contributed by atoms with van der Waals surface area (Å²) in [5.41, 5.74) is -0.365. The van der Waals surface area contributed by atoms with E-state index in [0.29, 0.717) is 5.56 Å². The van der Waals surface area contributed by atoms with Crippen LogP contribution in [0.25, 0.3) is 0 Å². The summed E-state index contributed by atoms with van der Waals surface area (Å²) in [5, 5.41) is 28.4. The zero-order valence-electron chi connectivity index (χ0n) is 14.3. The van der Waals surface area contributed by atoms with Gasteiger partial charge in [0.1, 0.15) is 23.9 Å². The fraction of sp³-hybridized carbons (Fsp3) is 0.375. The van der Waals surface area contributed by atoms with Gasteiger partial charge in [0.2, 0.25) is 0 Å². The monoisotopic (exact) mass is 397 g/mol. The molecule has 1 aromatic carbocycles. The molecule has 11 heteroatoms. The fourth-order valence-electron chi connectivity index (χ4n) is 2.81. The van der Waals surface area contributed by atoms with Crippen LogP contribution in [0.15, 0.2) is 40.2 Å². The van der Waals surface area contributed by atoms with Gasteiger partial charge >= 0.3 is 5.69 Å². The smallest absolute Gasteiger partial charge is 0.351 e. The topological polar surface area (TPSA) is 151 Å². The maximum absolute atomic E-state index is 12.5. The molecule has 0 amide bonds. The van der Waals surface area contributed by atoms with Gasteiger partial charge in [-0.25, -0.2) is 13.2 Å². The second-order valence-electron chi connectivity index (χ2n) is 6.17. The second-order valence-corrected chi connectivity index (χ2v) is 7.82. The van der Waals surface area contributed by atoms with Gasteiger partial charge in [-0.15, -0.1) is 0 Å². The molecule has 10 nitrogen and oxygen atoms in total. The zero-order chi connectivity index (χ0) is 19.8. The number of ether oxygens (including phenoxy) is 1. The molecule has 0 aliphatic carbocycles. The third-order valence-electron chi connectivity index (χ3n) is 4.22. The van der Waals surface area contributed by atoms with Gasteiger partial charge < -0.3 is 20.1 Å². The number of sulfonamides is 1. The van der Waals surface area contributed by atoms with E-state index < -0.39 is 34.1 Å². The molecule has 1 aliphatic heterocycles. The minimum Gasteiger partial charge on any atom is -0.508 e. The lowest BCUT2D eigenvalue weighted by Gasteiger charge is -2.15. The number of nitrogens with one attached hydrogen (secondary N) is 1. The normalized spacial score (nSPS) is 22.7. The Kier molecular flexibility index (Phi) is 5.20. The predicted octanol–water partition coefficient (Wildman–Crippen LogP) is -0.301. The number of benzene rings is 1. The van der Waals surface area contributed by atoms with E-state index in [-0.39, 0.29) is 29.5 Å². The Balaban J connectivity index is 1.84. The van der Waals surface area contributed by atoms with Gasteiger partial charge in [0, 0.05) is 18.7 Å². The number of aromatic hydroxyl groups is 1. The summed E-state index contributed by atoms with van der Waals surface area (Å²) in [5.74, 6) is -0.407. The Hall–Kier alpha value is -2.47. The summed E-state index contributed by atoms with van der Waals surface area (Å²) in [6.45, 7) is 1.18. The summed E-state index contributed by atoms with van der Waals surface area (Å²) < 4.78 is 33.7. The molecular formula is C16H19N3O7S. The van der Waals surface area contributed by atoms with Gasteiger partial charge in [0.15, 0.2) is 0 Å². The summed E-state index contributed by atoms with van der Waals surface area (Å²) >= 11 is 0. The molecule has 0 unspecified atom stereocenters. The first-order chi connectivity index (χ1) is 12.7. The largest absolute Gasteiger partial charge is 0.508 e. The molecule has 1 aromatic heterocycles. The molecule has 0 bridgehead atoms. The molecular weight excluding hydrogens is 378 g/mol. The van der Waals surface area contributed by atoms with Crippen molar-refractivity contribution in [2.24, 2.45) is 0 Å². The molecule has 1 fully saturated rings. The molecule has 0 saturated carbocycles. The highest BCUT2D eigenvalue weighted by Gasteiger charge is 2.35. The van der Waals surface area contributed by atoms with Crippen LogP contribution in [-0.2, 0) is 14.8 Å². The van der Waals surface area contributed by atoms with Crippen molar-refractivity contribution in [3.8, 4) is 5.75 Å². The van der Waals surface area contributed by atoms with Crippen molar-refractivity contribution in [2.45, 2.75) is 36.7 Å². The SMILES string of the molecule is Cc1ccc(O)cc1S(=O)(=O)Nc1ccn([C@H]2C[C@H](O)[C@@H](CO)O2)c(=O)n1. The average molecular weight is 397 g/mol. The van der Waals surface area contributed by atoms with E-state index in [0.717, 1.165) is 10.6 Å². The van der Waals surface area contributed by atoms with Gasteiger partial charge in [-0.3, -0.25) is 9.29 Å². The molecule has 2 aromatic rings. The lowest BCUT2D eigenvalue weighted by Crippen LogP contribution is -2.28. The van der Waals surface area contributed by atoms with E-state index in [2.05, 4.69) is 9.71 Å². The summed E-state index contributed by atoms with van der Waals surface area (Å²) in [6.07, 6.45) is -1.14. The van der Waals surface area contributed by atoms with Crippen molar-refractivity contribution in [3.05, 3.63) is 46.5 Å². The number of nitrogens with zero attached hydrogens (tertiary/aromatic N) is 2. The number of hydrogen-bond donors (Lipinski definition) is 4. The van der Waals surface area contributed by atoms with Crippen LogP contribution in [0.4, 0.5) is 5.82 Å². The molecule has 1 saturated heterocycles. The van der Waals surface area contributed by atoms with E-state index >= 15 is 0 Å².